The fourth-order valence-corrected chi connectivity index (χ4v) is 2.48. The summed E-state index contributed by atoms with van der Waals surface area (Å²) < 4.78 is 4.93. The summed E-state index contributed by atoms with van der Waals surface area (Å²) in [4.78, 5) is 12.2. The van der Waals surface area contributed by atoms with E-state index in [0.29, 0.717) is 5.56 Å². The topological polar surface area (TPSA) is 111 Å². The van der Waals surface area contributed by atoms with Crippen LogP contribution in [0.25, 0.3) is 10.8 Å². The molecular weight excluding hydrogens is 336 g/mol. The summed E-state index contributed by atoms with van der Waals surface area (Å²) in [7, 11) is 1.35. The van der Waals surface area contributed by atoms with E-state index in [1.807, 2.05) is 24.3 Å². The fraction of sp³-hybridized carbons (Fsp3) is 0.0526. The first-order valence-electron chi connectivity index (χ1n) is 7.64. The molecule has 0 aliphatic carbocycles. The molecule has 0 unspecified atom stereocenters. The van der Waals surface area contributed by atoms with Crippen molar-refractivity contribution in [3.63, 3.8) is 0 Å². The molecule has 3 aromatic carbocycles. The van der Waals surface area contributed by atoms with E-state index in [0.717, 1.165) is 10.8 Å². The van der Waals surface area contributed by atoms with E-state index in [1.165, 1.54) is 31.5 Å². The van der Waals surface area contributed by atoms with E-state index in [-0.39, 0.29) is 28.6 Å². The zero-order chi connectivity index (χ0) is 18.7. The second kappa shape index (κ2) is 7.02. The van der Waals surface area contributed by atoms with Gasteiger partial charge in [-0.05, 0) is 35.0 Å². The first-order valence-corrected chi connectivity index (χ1v) is 7.64. The van der Waals surface area contributed by atoms with Crippen LogP contribution in [0.4, 0.5) is 0 Å². The number of aromatic hydroxyl groups is 3. The number of amides is 1. The van der Waals surface area contributed by atoms with E-state index in [4.69, 9.17) is 4.74 Å². The van der Waals surface area contributed by atoms with Crippen LogP contribution in [-0.2, 0) is 0 Å². The third-order valence-electron chi connectivity index (χ3n) is 3.79. The minimum absolute atomic E-state index is 0.0740. The van der Waals surface area contributed by atoms with Crippen LogP contribution in [0.2, 0.25) is 0 Å². The highest BCUT2D eigenvalue weighted by atomic mass is 16.5. The van der Waals surface area contributed by atoms with Gasteiger partial charge in [0.15, 0.2) is 11.5 Å². The van der Waals surface area contributed by atoms with E-state index in [2.05, 4.69) is 10.5 Å². The average molecular weight is 352 g/mol. The third-order valence-corrected chi connectivity index (χ3v) is 3.79. The number of hydrogen-bond donors (Lipinski definition) is 4. The highest BCUT2D eigenvalue weighted by molar-refractivity contribution is 6.01. The first kappa shape index (κ1) is 17.1. The predicted molar refractivity (Wildman–Crippen MR) is 97.0 cm³/mol. The summed E-state index contributed by atoms with van der Waals surface area (Å²) in [6.45, 7) is 0. The fourth-order valence-electron chi connectivity index (χ4n) is 2.48. The number of hydrogen-bond acceptors (Lipinski definition) is 6. The maximum atomic E-state index is 12.2. The molecule has 0 aromatic heterocycles. The van der Waals surface area contributed by atoms with Gasteiger partial charge >= 0.3 is 0 Å². The SMILES string of the molecule is COc1cc(/C=N/NC(=O)c2cc3ccccc3cc2O)cc(O)c1O. The number of hydrazone groups is 1. The summed E-state index contributed by atoms with van der Waals surface area (Å²) in [5.74, 6) is -1.41. The van der Waals surface area contributed by atoms with Crippen molar-refractivity contribution in [1.82, 2.24) is 5.43 Å². The van der Waals surface area contributed by atoms with Crippen molar-refractivity contribution in [3.8, 4) is 23.0 Å². The molecular formula is C19H16N2O5. The van der Waals surface area contributed by atoms with Crippen molar-refractivity contribution in [1.29, 1.82) is 0 Å². The number of methoxy groups -OCH3 is 1. The van der Waals surface area contributed by atoms with Gasteiger partial charge in [0.1, 0.15) is 5.75 Å². The number of ether oxygens (including phenoxy) is 1. The number of carbonyl (C=O) groups is 1. The quantitative estimate of drug-likeness (QED) is 0.328. The van der Waals surface area contributed by atoms with E-state index >= 15 is 0 Å². The van der Waals surface area contributed by atoms with Gasteiger partial charge in [0, 0.05) is 5.56 Å². The first-order chi connectivity index (χ1) is 12.5. The minimum Gasteiger partial charge on any atom is -0.507 e. The molecule has 26 heavy (non-hydrogen) atoms. The van der Waals surface area contributed by atoms with Crippen LogP contribution in [0.1, 0.15) is 15.9 Å². The molecule has 0 fully saturated rings. The molecule has 0 atom stereocenters. The third kappa shape index (κ3) is 3.36. The molecule has 0 spiro atoms. The molecule has 132 valence electrons. The Morgan fingerprint density at radius 1 is 1.04 bits per heavy atom. The Balaban J connectivity index is 1.80. The minimum atomic E-state index is -0.584. The number of nitrogens with zero attached hydrogens (tertiary/aromatic N) is 1. The zero-order valence-corrected chi connectivity index (χ0v) is 13.8. The van der Waals surface area contributed by atoms with Crippen LogP contribution in [0, 0.1) is 0 Å². The summed E-state index contributed by atoms with van der Waals surface area (Å²) in [6, 6.07) is 13.1. The lowest BCUT2D eigenvalue weighted by molar-refractivity contribution is 0.0952. The van der Waals surface area contributed by atoms with Crippen LogP contribution in [0.3, 0.4) is 0 Å². The number of phenolic OH excluding ortho intramolecular Hbond substituents is 3. The van der Waals surface area contributed by atoms with Crippen molar-refractivity contribution in [2.24, 2.45) is 5.10 Å². The maximum Gasteiger partial charge on any atom is 0.275 e. The van der Waals surface area contributed by atoms with Crippen LogP contribution in [-0.4, -0.2) is 34.6 Å². The van der Waals surface area contributed by atoms with Crippen LogP contribution >= 0.6 is 0 Å². The highest BCUT2D eigenvalue weighted by Gasteiger charge is 2.12. The standard InChI is InChI=1S/C19H16N2O5/c1-26-17-7-11(6-16(23)18(17)24)10-20-21-19(25)14-8-12-4-2-3-5-13(12)9-15(14)22/h2-10,22-24H,1H3,(H,21,25)/b20-10+. The number of benzene rings is 3. The normalized spacial score (nSPS) is 11.0. The summed E-state index contributed by atoms with van der Waals surface area (Å²) in [6.07, 6.45) is 1.28. The molecule has 0 saturated carbocycles. The monoisotopic (exact) mass is 352 g/mol. The number of rotatable bonds is 4. The Kier molecular flexibility index (Phi) is 4.62. The van der Waals surface area contributed by atoms with Gasteiger partial charge in [-0.2, -0.15) is 5.10 Å². The van der Waals surface area contributed by atoms with Crippen molar-refractivity contribution in [3.05, 3.63) is 59.7 Å². The van der Waals surface area contributed by atoms with E-state index in [1.54, 1.807) is 6.07 Å². The lowest BCUT2D eigenvalue weighted by Gasteiger charge is -2.07. The molecule has 1 amide bonds. The van der Waals surface area contributed by atoms with Gasteiger partial charge in [-0.1, -0.05) is 24.3 Å². The van der Waals surface area contributed by atoms with Crippen molar-refractivity contribution >= 4 is 22.9 Å². The molecule has 3 aromatic rings. The van der Waals surface area contributed by atoms with Crippen molar-refractivity contribution in [2.45, 2.75) is 0 Å². The lowest BCUT2D eigenvalue weighted by Crippen LogP contribution is -2.17. The zero-order valence-electron chi connectivity index (χ0n) is 13.8. The molecule has 0 aliphatic heterocycles. The summed E-state index contributed by atoms with van der Waals surface area (Å²) >= 11 is 0. The molecule has 0 aliphatic rings. The van der Waals surface area contributed by atoms with Gasteiger partial charge in [-0.15, -0.1) is 0 Å². The van der Waals surface area contributed by atoms with Crippen molar-refractivity contribution < 1.29 is 24.9 Å². The predicted octanol–water partition coefficient (Wildman–Crippen LogP) is 2.73. The average Bonchev–Trinajstić information content (AvgIpc) is 2.63. The molecule has 7 heteroatoms. The molecule has 3 rings (SSSR count). The maximum absolute atomic E-state index is 12.2. The molecule has 4 N–H and O–H groups in total. The van der Waals surface area contributed by atoms with Gasteiger partial charge in [-0.3, -0.25) is 4.79 Å². The molecule has 0 saturated heterocycles. The Morgan fingerprint density at radius 3 is 2.42 bits per heavy atom. The van der Waals surface area contributed by atoms with Crippen LogP contribution < -0.4 is 10.2 Å². The smallest absolute Gasteiger partial charge is 0.275 e. The molecule has 0 bridgehead atoms. The van der Waals surface area contributed by atoms with Gasteiger partial charge < -0.3 is 20.1 Å². The Bertz CT molecular complexity index is 1010. The summed E-state index contributed by atoms with van der Waals surface area (Å²) in [5.41, 5.74) is 2.80. The highest BCUT2D eigenvalue weighted by Crippen LogP contribution is 2.35. The van der Waals surface area contributed by atoms with Crippen LogP contribution in [0.15, 0.2) is 53.6 Å². The van der Waals surface area contributed by atoms with Gasteiger partial charge in [0.25, 0.3) is 5.91 Å². The summed E-state index contributed by atoms with van der Waals surface area (Å²) in [5, 5.41) is 34.7. The number of fused-ring (bicyclic) bond motifs is 1. The van der Waals surface area contributed by atoms with E-state index < -0.39 is 5.91 Å². The molecule has 7 nitrogen and oxygen atoms in total. The number of carbonyl (C=O) groups excluding carboxylic acids is 1. The van der Waals surface area contributed by atoms with Gasteiger partial charge in [0.05, 0.1) is 18.9 Å². The van der Waals surface area contributed by atoms with Gasteiger partial charge in [-0.25, -0.2) is 5.43 Å². The van der Waals surface area contributed by atoms with Gasteiger partial charge in [0.2, 0.25) is 5.75 Å². The Hall–Kier alpha value is -3.74. The number of phenols is 3. The van der Waals surface area contributed by atoms with Crippen molar-refractivity contribution in [2.75, 3.05) is 7.11 Å². The largest absolute Gasteiger partial charge is 0.507 e. The lowest BCUT2D eigenvalue weighted by atomic mass is 10.1. The Morgan fingerprint density at radius 2 is 1.73 bits per heavy atom. The molecule has 0 heterocycles. The second-order valence-electron chi connectivity index (χ2n) is 5.51. The Labute approximate surface area is 148 Å². The van der Waals surface area contributed by atoms with E-state index in [9.17, 15) is 20.1 Å². The molecule has 0 radical (unpaired) electrons. The second-order valence-corrected chi connectivity index (χ2v) is 5.51. The van der Waals surface area contributed by atoms with Crippen LogP contribution in [0.5, 0.6) is 23.0 Å². The number of nitrogens with one attached hydrogen (secondary N) is 1.